The SMILES string of the molecule is CNCCOCCOCCOCCOCCOCCOCCOCCOCCOCCOCCOCCNC(=O)CN1CCCCC1. The summed E-state index contributed by atoms with van der Waals surface area (Å²) in [5.41, 5.74) is 0. The molecule has 2 N–H and O–H groups in total. The summed E-state index contributed by atoms with van der Waals surface area (Å²) >= 11 is 0. The van der Waals surface area contributed by atoms with Gasteiger partial charge < -0.3 is 62.7 Å². The maximum atomic E-state index is 11.9. The maximum absolute atomic E-state index is 11.9. The van der Waals surface area contributed by atoms with E-state index in [0.717, 1.165) is 19.6 Å². The van der Waals surface area contributed by atoms with Crippen LogP contribution in [0.1, 0.15) is 19.3 Å². The summed E-state index contributed by atoms with van der Waals surface area (Å²) in [6.07, 6.45) is 3.64. The lowest BCUT2D eigenvalue weighted by atomic mass is 10.1. The van der Waals surface area contributed by atoms with Gasteiger partial charge in [-0.15, -0.1) is 0 Å². The Morgan fingerprint density at radius 3 is 1.00 bits per heavy atom. The van der Waals surface area contributed by atoms with E-state index in [0.29, 0.717) is 158 Å². The maximum Gasteiger partial charge on any atom is 0.234 e. The zero-order chi connectivity index (χ0) is 33.6. The van der Waals surface area contributed by atoms with Crippen LogP contribution in [0.5, 0.6) is 0 Å². The number of likely N-dealkylation sites (N-methyl/N-ethyl adjacent to an activating group) is 1. The van der Waals surface area contributed by atoms with Gasteiger partial charge in [-0.05, 0) is 33.0 Å². The molecule has 47 heavy (non-hydrogen) atoms. The minimum absolute atomic E-state index is 0.0664. The summed E-state index contributed by atoms with van der Waals surface area (Å²) in [6, 6.07) is 0. The monoisotopic (exact) mass is 683 g/mol. The molecule has 0 bridgehead atoms. The molecule has 0 aromatic heterocycles. The Morgan fingerprint density at radius 1 is 0.426 bits per heavy atom. The van der Waals surface area contributed by atoms with Crippen molar-refractivity contribution < 1.29 is 56.9 Å². The second kappa shape index (κ2) is 37.8. The second-order valence-electron chi connectivity index (χ2n) is 10.5. The number of carbonyl (C=O) groups excluding carboxylic acids is 1. The highest BCUT2D eigenvalue weighted by molar-refractivity contribution is 5.77. The molecule has 15 heteroatoms. The van der Waals surface area contributed by atoms with Crippen molar-refractivity contribution in [3.05, 3.63) is 0 Å². The first-order valence-electron chi connectivity index (χ1n) is 17.3. The van der Waals surface area contributed by atoms with Gasteiger partial charge in [0.05, 0.1) is 152 Å². The molecule has 1 fully saturated rings. The number of piperidine rings is 1. The Balaban J connectivity index is 1.62. The van der Waals surface area contributed by atoms with Crippen LogP contribution < -0.4 is 10.6 Å². The zero-order valence-corrected chi connectivity index (χ0v) is 29.1. The van der Waals surface area contributed by atoms with E-state index in [9.17, 15) is 4.79 Å². The van der Waals surface area contributed by atoms with Crippen LogP contribution >= 0.6 is 0 Å². The molecular formula is C32H65N3O12. The van der Waals surface area contributed by atoms with Gasteiger partial charge in [0.15, 0.2) is 0 Å². The normalized spacial score (nSPS) is 13.8. The lowest BCUT2D eigenvalue weighted by Gasteiger charge is -2.25. The summed E-state index contributed by atoms with van der Waals surface area (Å²) in [7, 11) is 1.89. The fourth-order valence-electron chi connectivity index (χ4n) is 4.11. The van der Waals surface area contributed by atoms with E-state index in [1.165, 1.54) is 19.3 Å². The van der Waals surface area contributed by atoms with Crippen molar-refractivity contribution in [2.24, 2.45) is 0 Å². The lowest BCUT2D eigenvalue weighted by Crippen LogP contribution is -2.40. The Labute approximate surface area is 282 Å². The van der Waals surface area contributed by atoms with E-state index in [-0.39, 0.29) is 5.91 Å². The van der Waals surface area contributed by atoms with Gasteiger partial charge >= 0.3 is 0 Å². The molecule has 1 amide bonds. The van der Waals surface area contributed by atoms with E-state index >= 15 is 0 Å². The number of nitrogens with zero attached hydrogens (tertiary/aromatic N) is 1. The summed E-state index contributed by atoms with van der Waals surface area (Å²) < 4.78 is 60.1. The molecule has 0 atom stereocenters. The molecule has 15 nitrogen and oxygen atoms in total. The zero-order valence-electron chi connectivity index (χ0n) is 29.1. The predicted octanol–water partition coefficient (Wildman–Crippen LogP) is -0.00950. The molecule has 1 aliphatic rings. The third-order valence-corrected chi connectivity index (χ3v) is 6.60. The number of hydrogen-bond donors (Lipinski definition) is 2. The van der Waals surface area contributed by atoms with Gasteiger partial charge in [0, 0.05) is 13.1 Å². The topological polar surface area (TPSA) is 146 Å². The van der Waals surface area contributed by atoms with Crippen LogP contribution in [-0.2, 0) is 56.9 Å². The number of ether oxygens (including phenoxy) is 11. The van der Waals surface area contributed by atoms with Crippen molar-refractivity contribution >= 4 is 5.91 Å². The van der Waals surface area contributed by atoms with E-state index in [1.54, 1.807) is 0 Å². The highest BCUT2D eigenvalue weighted by atomic mass is 16.6. The Kier molecular flexibility index (Phi) is 35.3. The number of likely N-dealkylation sites (tertiary alicyclic amines) is 1. The smallest absolute Gasteiger partial charge is 0.234 e. The highest BCUT2D eigenvalue weighted by Gasteiger charge is 2.13. The van der Waals surface area contributed by atoms with Crippen molar-refractivity contribution in [3.8, 4) is 0 Å². The van der Waals surface area contributed by atoms with Gasteiger partial charge in [-0.25, -0.2) is 0 Å². The summed E-state index contributed by atoms with van der Waals surface area (Å²) in [5.74, 6) is 0.0664. The molecule has 0 aromatic carbocycles. The average molecular weight is 684 g/mol. The van der Waals surface area contributed by atoms with Crippen molar-refractivity contribution in [2.75, 3.05) is 185 Å². The first-order valence-corrected chi connectivity index (χ1v) is 17.3. The van der Waals surface area contributed by atoms with Gasteiger partial charge in [0.2, 0.25) is 5.91 Å². The molecule has 0 aliphatic carbocycles. The Morgan fingerprint density at radius 2 is 0.702 bits per heavy atom. The van der Waals surface area contributed by atoms with E-state index in [4.69, 9.17) is 52.1 Å². The number of amides is 1. The van der Waals surface area contributed by atoms with Gasteiger partial charge in [-0.2, -0.15) is 0 Å². The van der Waals surface area contributed by atoms with Crippen LogP contribution in [0, 0.1) is 0 Å². The first kappa shape index (κ1) is 44.0. The second-order valence-corrected chi connectivity index (χ2v) is 10.5. The number of carbonyl (C=O) groups is 1. The number of hydrogen-bond acceptors (Lipinski definition) is 14. The van der Waals surface area contributed by atoms with E-state index < -0.39 is 0 Å². The van der Waals surface area contributed by atoms with Crippen molar-refractivity contribution in [2.45, 2.75) is 19.3 Å². The summed E-state index contributed by atoms with van der Waals surface area (Å²) in [6.45, 7) is 15.4. The molecule has 0 radical (unpaired) electrons. The van der Waals surface area contributed by atoms with Gasteiger partial charge in [0.1, 0.15) is 0 Å². The van der Waals surface area contributed by atoms with Crippen LogP contribution in [0.4, 0.5) is 0 Å². The third-order valence-electron chi connectivity index (χ3n) is 6.60. The summed E-state index contributed by atoms with van der Waals surface area (Å²) in [4.78, 5) is 14.1. The van der Waals surface area contributed by atoms with E-state index in [1.807, 2.05) is 7.05 Å². The fourth-order valence-corrected chi connectivity index (χ4v) is 4.11. The van der Waals surface area contributed by atoms with Crippen molar-refractivity contribution in [1.82, 2.24) is 15.5 Å². The fraction of sp³-hybridized carbons (Fsp3) is 0.969. The van der Waals surface area contributed by atoms with Crippen LogP contribution in [-0.4, -0.2) is 196 Å². The Bertz CT molecular complexity index is 636. The molecule has 1 heterocycles. The standard InChI is InChI=1S/C32H65N3O12/c1-33-5-9-37-11-13-39-15-17-41-19-21-43-23-25-45-27-29-47-30-28-46-26-24-44-22-20-42-18-16-40-14-12-38-10-6-34-32(36)31-35-7-3-2-4-8-35/h33H,2-31H2,1H3,(H,34,36). The van der Waals surface area contributed by atoms with Crippen molar-refractivity contribution in [3.63, 3.8) is 0 Å². The van der Waals surface area contributed by atoms with Crippen LogP contribution in [0.25, 0.3) is 0 Å². The Hall–Kier alpha value is -1.05. The molecule has 280 valence electrons. The lowest BCUT2D eigenvalue weighted by molar-refractivity contribution is -0.122. The number of rotatable bonds is 38. The molecular weight excluding hydrogens is 618 g/mol. The van der Waals surface area contributed by atoms with Crippen LogP contribution in [0.2, 0.25) is 0 Å². The van der Waals surface area contributed by atoms with Gasteiger partial charge in [-0.3, -0.25) is 9.69 Å². The largest absolute Gasteiger partial charge is 0.378 e. The molecule has 1 saturated heterocycles. The summed E-state index contributed by atoms with van der Waals surface area (Å²) in [5, 5.41) is 5.92. The van der Waals surface area contributed by atoms with E-state index in [2.05, 4.69) is 15.5 Å². The minimum atomic E-state index is 0.0664. The van der Waals surface area contributed by atoms with Crippen molar-refractivity contribution in [1.29, 1.82) is 0 Å². The average Bonchev–Trinajstić information content (AvgIpc) is 3.08. The predicted molar refractivity (Wildman–Crippen MR) is 176 cm³/mol. The molecule has 0 unspecified atom stereocenters. The third kappa shape index (κ3) is 34.6. The first-order chi connectivity index (χ1) is 23.3. The van der Waals surface area contributed by atoms with Gasteiger partial charge in [-0.1, -0.05) is 6.42 Å². The van der Waals surface area contributed by atoms with Gasteiger partial charge in [0.25, 0.3) is 0 Å². The molecule has 0 spiro atoms. The molecule has 1 aliphatic heterocycles. The molecule has 0 saturated carbocycles. The van der Waals surface area contributed by atoms with Crippen LogP contribution in [0.15, 0.2) is 0 Å². The quantitative estimate of drug-likeness (QED) is 0.0842. The molecule has 0 aromatic rings. The molecule has 1 rings (SSSR count). The minimum Gasteiger partial charge on any atom is -0.378 e. The van der Waals surface area contributed by atoms with Crippen LogP contribution in [0.3, 0.4) is 0 Å². The highest BCUT2D eigenvalue weighted by Crippen LogP contribution is 2.07. The number of nitrogens with one attached hydrogen (secondary N) is 2.